The van der Waals surface area contributed by atoms with Gasteiger partial charge >= 0.3 is 0 Å². The van der Waals surface area contributed by atoms with Crippen molar-refractivity contribution in [1.82, 2.24) is 4.98 Å². The quantitative estimate of drug-likeness (QED) is 0.320. The van der Waals surface area contributed by atoms with E-state index in [0.29, 0.717) is 33.1 Å². The highest BCUT2D eigenvalue weighted by Crippen LogP contribution is 2.36. The second kappa shape index (κ2) is 12.5. The Bertz CT molecular complexity index is 1030. The zero-order valence-electron chi connectivity index (χ0n) is 17.5. The fourth-order valence-corrected chi connectivity index (χ4v) is 5.00. The first-order chi connectivity index (χ1) is 15.6. The molecule has 1 unspecified atom stereocenters. The van der Waals surface area contributed by atoms with Crippen LogP contribution in [-0.4, -0.2) is 18.6 Å². The third kappa shape index (κ3) is 6.62. The molecule has 3 aromatic rings. The lowest BCUT2D eigenvalue weighted by molar-refractivity contribution is 0.267. The summed E-state index contributed by atoms with van der Waals surface area (Å²) in [4.78, 5) is 4.50. The number of nitrogens with two attached hydrogens (primary N) is 1. The lowest BCUT2D eigenvalue weighted by atomic mass is 9.84. The molecule has 4 rings (SSSR count). The minimum absolute atomic E-state index is 0.222. The number of halogens is 3. The summed E-state index contributed by atoms with van der Waals surface area (Å²) in [6, 6.07) is 10.8. The number of rotatable bonds is 7. The van der Waals surface area contributed by atoms with Gasteiger partial charge in [0.25, 0.3) is 0 Å². The van der Waals surface area contributed by atoms with Crippen LogP contribution in [0.3, 0.4) is 0 Å². The standard InChI is InChI=1S/C22H19Cl2FN2OS2.CH5N/c23-16-7-5-14(6-8-16)17-4-2-1-3-15(17)11-28-20-10-19(25)21(9-18(20)24)30-27-22-12-29-13-26-22;1-2/h4-10,12-13,15,27H,1-3,11H2;2H2,1H3. The summed E-state index contributed by atoms with van der Waals surface area (Å²) in [5, 5.41) is 2.94. The van der Waals surface area contributed by atoms with Gasteiger partial charge < -0.3 is 15.2 Å². The van der Waals surface area contributed by atoms with Crippen LogP contribution in [0.4, 0.5) is 10.2 Å². The molecule has 0 saturated carbocycles. The number of thiazole rings is 1. The van der Waals surface area contributed by atoms with E-state index in [1.807, 2.05) is 29.6 Å². The summed E-state index contributed by atoms with van der Waals surface area (Å²) in [5.74, 6) is 0.867. The van der Waals surface area contributed by atoms with Crippen molar-refractivity contribution in [2.45, 2.75) is 24.2 Å². The highest BCUT2D eigenvalue weighted by atomic mass is 35.5. The van der Waals surface area contributed by atoms with Gasteiger partial charge in [0.2, 0.25) is 0 Å². The summed E-state index contributed by atoms with van der Waals surface area (Å²) >= 11 is 15.0. The van der Waals surface area contributed by atoms with Gasteiger partial charge in [0.1, 0.15) is 17.4 Å². The molecule has 170 valence electrons. The van der Waals surface area contributed by atoms with Crippen LogP contribution in [0.15, 0.2) is 58.3 Å². The SMILES string of the molecule is CN.Fc1cc(OCC2CCCC=C2c2ccc(Cl)cc2)c(Cl)cc1SNc1cscn1. The maximum absolute atomic E-state index is 14.6. The molecule has 3 N–H and O–H groups in total. The van der Waals surface area contributed by atoms with E-state index in [9.17, 15) is 4.39 Å². The highest BCUT2D eigenvalue weighted by molar-refractivity contribution is 8.00. The second-order valence-corrected chi connectivity index (χ2v) is 9.31. The Morgan fingerprint density at radius 2 is 2.03 bits per heavy atom. The van der Waals surface area contributed by atoms with Gasteiger partial charge in [-0.15, -0.1) is 11.3 Å². The van der Waals surface area contributed by atoms with E-state index in [-0.39, 0.29) is 11.7 Å². The predicted octanol–water partition coefficient (Wildman–Crippen LogP) is 7.55. The summed E-state index contributed by atoms with van der Waals surface area (Å²) in [6.07, 6.45) is 5.42. The van der Waals surface area contributed by atoms with E-state index in [1.54, 1.807) is 11.6 Å². The maximum atomic E-state index is 14.6. The molecule has 1 heterocycles. The van der Waals surface area contributed by atoms with Crippen LogP contribution in [0.5, 0.6) is 5.75 Å². The van der Waals surface area contributed by atoms with Crippen LogP contribution >= 0.6 is 46.5 Å². The van der Waals surface area contributed by atoms with Gasteiger partial charge in [-0.2, -0.15) is 0 Å². The maximum Gasteiger partial charge on any atom is 0.147 e. The van der Waals surface area contributed by atoms with Crippen molar-refractivity contribution in [3.63, 3.8) is 0 Å². The average Bonchev–Trinajstić information content (AvgIpc) is 3.34. The van der Waals surface area contributed by atoms with E-state index >= 15 is 0 Å². The minimum Gasteiger partial charge on any atom is -0.491 e. The molecule has 9 heteroatoms. The number of benzene rings is 2. The Balaban J connectivity index is 0.00000141. The molecular weight excluding hydrogens is 488 g/mol. The molecule has 2 aromatic carbocycles. The summed E-state index contributed by atoms with van der Waals surface area (Å²) in [5.41, 5.74) is 8.60. The Morgan fingerprint density at radius 3 is 2.75 bits per heavy atom. The normalized spacial score (nSPS) is 15.4. The number of allylic oxidation sites excluding steroid dienone is 1. The largest absolute Gasteiger partial charge is 0.491 e. The minimum atomic E-state index is -0.390. The third-order valence-electron chi connectivity index (χ3n) is 4.86. The molecule has 0 spiro atoms. The summed E-state index contributed by atoms with van der Waals surface area (Å²) in [6.45, 7) is 0.442. The summed E-state index contributed by atoms with van der Waals surface area (Å²) in [7, 11) is 1.50. The van der Waals surface area contributed by atoms with E-state index in [2.05, 4.69) is 21.5 Å². The highest BCUT2D eigenvalue weighted by Gasteiger charge is 2.21. The molecular formula is C23H24Cl2FN3OS2. The molecule has 32 heavy (non-hydrogen) atoms. The number of ether oxygens (including phenoxy) is 1. The average molecular weight is 513 g/mol. The number of nitrogens with one attached hydrogen (secondary N) is 1. The zero-order valence-corrected chi connectivity index (χ0v) is 20.6. The first kappa shape index (κ1) is 24.9. The van der Waals surface area contributed by atoms with Crippen molar-refractivity contribution in [3.05, 3.63) is 74.8 Å². The fraction of sp³-hybridized carbons (Fsp3) is 0.261. The van der Waals surface area contributed by atoms with Gasteiger partial charge in [0, 0.05) is 22.4 Å². The van der Waals surface area contributed by atoms with Crippen molar-refractivity contribution in [3.8, 4) is 5.75 Å². The van der Waals surface area contributed by atoms with E-state index in [1.165, 1.54) is 30.0 Å². The lowest BCUT2D eigenvalue weighted by Crippen LogP contribution is -2.17. The molecule has 4 nitrogen and oxygen atoms in total. The van der Waals surface area contributed by atoms with Crippen LogP contribution in [0.1, 0.15) is 24.8 Å². The van der Waals surface area contributed by atoms with Crippen LogP contribution in [0.2, 0.25) is 10.0 Å². The van der Waals surface area contributed by atoms with Gasteiger partial charge in [-0.1, -0.05) is 41.4 Å². The third-order valence-corrected chi connectivity index (χ3v) is 6.84. The van der Waals surface area contributed by atoms with Gasteiger partial charge in [-0.05, 0) is 67.6 Å². The van der Waals surface area contributed by atoms with Gasteiger partial charge in [-0.3, -0.25) is 0 Å². The molecule has 1 atom stereocenters. The van der Waals surface area contributed by atoms with Crippen LogP contribution in [-0.2, 0) is 0 Å². The Labute approximate surface area is 206 Å². The van der Waals surface area contributed by atoms with E-state index in [0.717, 1.165) is 36.8 Å². The zero-order chi connectivity index (χ0) is 22.9. The summed E-state index contributed by atoms with van der Waals surface area (Å²) < 4.78 is 23.5. The van der Waals surface area contributed by atoms with Crippen molar-refractivity contribution >= 4 is 57.9 Å². The smallest absolute Gasteiger partial charge is 0.147 e. The monoisotopic (exact) mass is 511 g/mol. The number of aromatic nitrogens is 1. The van der Waals surface area contributed by atoms with Gasteiger partial charge in [0.15, 0.2) is 0 Å². The topological polar surface area (TPSA) is 60.2 Å². The van der Waals surface area contributed by atoms with Gasteiger partial charge in [0.05, 0.1) is 22.0 Å². The Kier molecular flexibility index (Phi) is 9.69. The van der Waals surface area contributed by atoms with Crippen molar-refractivity contribution in [2.75, 3.05) is 18.4 Å². The molecule has 0 radical (unpaired) electrons. The Hall–Kier alpha value is -1.77. The lowest BCUT2D eigenvalue weighted by Gasteiger charge is -2.25. The second-order valence-electron chi connectivity index (χ2n) is 6.90. The number of nitrogens with zero attached hydrogens (tertiary/aromatic N) is 1. The van der Waals surface area contributed by atoms with Crippen molar-refractivity contribution < 1.29 is 9.13 Å². The van der Waals surface area contributed by atoms with E-state index in [4.69, 9.17) is 27.9 Å². The molecule has 0 amide bonds. The predicted molar refractivity (Wildman–Crippen MR) is 135 cm³/mol. The van der Waals surface area contributed by atoms with Gasteiger partial charge in [-0.25, -0.2) is 9.37 Å². The number of hydrogen-bond donors (Lipinski definition) is 2. The molecule has 1 aliphatic carbocycles. The number of hydrogen-bond acceptors (Lipinski definition) is 6. The molecule has 1 aromatic heterocycles. The molecule has 0 fully saturated rings. The van der Waals surface area contributed by atoms with Crippen LogP contribution < -0.4 is 15.2 Å². The fourth-order valence-electron chi connectivity index (χ4n) is 3.37. The van der Waals surface area contributed by atoms with Crippen molar-refractivity contribution in [1.29, 1.82) is 0 Å². The first-order valence-electron chi connectivity index (χ1n) is 10.1. The van der Waals surface area contributed by atoms with Crippen LogP contribution in [0.25, 0.3) is 5.57 Å². The first-order valence-corrected chi connectivity index (χ1v) is 12.6. The Morgan fingerprint density at radius 1 is 1.25 bits per heavy atom. The molecule has 0 aliphatic heterocycles. The molecule has 0 bridgehead atoms. The van der Waals surface area contributed by atoms with Crippen LogP contribution in [0, 0.1) is 11.7 Å². The molecule has 1 aliphatic rings. The van der Waals surface area contributed by atoms with E-state index < -0.39 is 0 Å². The molecule has 0 saturated heterocycles. The van der Waals surface area contributed by atoms with Crippen molar-refractivity contribution in [2.24, 2.45) is 11.7 Å². The number of anilines is 1.